The van der Waals surface area contributed by atoms with Crippen molar-refractivity contribution >= 4 is 11.6 Å². The van der Waals surface area contributed by atoms with E-state index in [1.165, 1.54) is 0 Å². The second-order valence-electron chi connectivity index (χ2n) is 3.79. The summed E-state index contributed by atoms with van der Waals surface area (Å²) in [5.74, 6) is 0.0167. The zero-order valence-corrected chi connectivity index (χ0v) is 9.75. The van der Waals surface area contributed by atoms with Crippen molar-refractivity contribution in [3.63, 3.8) is 0 Å². The number of rotatable bonds is 6. The third kappa shape index (κ3) is 4.24. The maximum Gasteiger partial charge on any atom is 0.166 e. The Balaban J connectivity index is 2.26. The molecule has 1 rings (SSSR count). The van der Waals surface area contributed by atoms with Gasteiger partial charge in [0.2, 0.25) is 0 Å². The van der Waals surface area contributed by atoms with Gasteiger partial charge >= 0.3 is 0 Å². The molecule has 0 aromatic carbocycles. The summed E-state index contributed by atoms with van der Waals surface area (Å²) >= 11 is 0. The van der Waals surface area contributed by atoms with Crippen molar-refractivity contribution in [2.45, 2.75) is 39.0 Å². The molecule has 0 aromatic heterocycles. The van der Waals surface area contributed by atoms with Crippen molar-refractivity contribution < 1.29 is 14.4 Å². The minimum Gasteiger partial charge on any atom is -0.302 e. The van der Waals surface area contributed by atoms with Gasteiger partial charge in [-0.3, -0.25) is 9.59 Å². The Morgan fingerprint density at radius 3 is 2.62 bits per heavy atom. The minimum atomic E-state index is 0.00835. The van der Waals surface area contributed by atoms with Gasteiger partial charge in [-0.25, -0.2) is 5.48 Å². The van der Waals surface area contributed by atoms with Crippen LogP contribution < -0.4 is 5.48 Å². The molecule has 0 unspecified atom stereocenters. The number of nitrogens with one attached hydrogen (secondary N) is 1. The van der Waals surface area contributed by atoms with E-state index in [0.717, 1.165) is 19.4 Å². The Morgan fingerprint density at radius 2 is 2.00 bits per heavy atom. The number of Topliss-reactive ketones (excluding diaryl/α,β-unsaturated/α-hetero) is 2. The fourth-order valence-electron chi connectivity index (χ4n) is 1.66. The molecule has 1 aliphatic carbocycles. The Morgan fingerprint density at radius 1 is 1.31 bits per heavy atom. The van der Waals surface area contributed by atoms with Crippen molar-refractivity contribution in [2.75, 3.05) is 13.2 Å². The van der Waals surface area contributed by atoms with Crippen LogP contribution in [0.4, 0.5) is 0 Å². The lowest BCUT2D eigenvalue weighted by Gasteiger charge is -2.11. The Hall–Kier alpha value is -1.00. The summed E-state index contributed by atoms with van der Waals surface area (Å²) in [5.41, 5.74) is 3.22. The highest BCUT2D eigenvalue weighted by molar-refractivity contribution is 6.21. The lowest BCUT2D eigenvalue weighted by Crippen LogP contribution is -2.19. The Bertz CT molecular complexity index is 266. The van der Waals surface area contributed by atoms with Crippen LogP contribution in [-0.4, -0.2) is 24.7 Å². The molecule has 0 radical (unpaired) electrons. The molecule has 0 saturated heterocycles. The number of unbranched alkanes of at least 4 members (excludes halogenated alkanes) is 1. The Kier molecular flexibility index (Phi) is 5.96. The first-order valence-corrected chi connectivity index (χ1v) is 5.87. The monoisotopic (exact) mass is 225 g/mol. The van der Waals surface area contributed by atoms with Crippen LogP contribution in [0.5, 0.6) is 0 Å². The molecule has 0 spiro atoms. The summed E-state index contributed by atoms with van der Waals surface area (Å²) in [7, 11) is 0. The summed E-state index contributed by atoms with van der Waals surface area (Å²) in [5, 5.41) is 0. The van der Waals surface area contributed by atoms with Crippen LogP contribution >= 0.6 is 0 Å². The molecule has 0 atom stereocenters. The maximum atomic E-state index is 11.4. The average Bonchev–Trinajstić information content (AvgIpc) is 2.26. The number of carbonyl (C=O) groups excluding carboxylic acids is 2. The summed E-state index contributed by atoms with van der Waals surface area (Å²) in [6, 6.07) is 0. The van der Waals surface area contributed by atoms with Crippen LogP contribution in [0, 0.1) is 0 Å². The second-order valence-corrected chi connectivity index (χ2v) is 3.79. The van der Waals surface area contributed by atoms with Gasteiger partial charge in [0, 0.05) is 19.4 Å². The highest BCUT2D eigenvalue weighted by Gasteiger charge is 2.22. The fourth-order valence-corrected chi connectivity index (χ4v) is 1.66. The standard InChI is InChI=1S/C12H19NO3/c1-2-16-13-9-4-3-6-10-11(14)7-5-8-12(10)15/h6,13H,2-5,7-9H2,1H3. The van der Waals surface area contributed by atoms with Crippen molar-refractivity contribution in [3.05, 3.63) is 11.6 Å². The van der Waals surface area contributed by atoms with E-state index in [9.17, 15) is 9.59 Å². The molecule has 1 saturated carbocycles. The predicted octanol–water partition coefficient (Wildman–Crippen LogP) is 1.56. The molecule has 0 amide bonds. The van der Waals surface area contributed by atoms with Gasteiger partial charge in [-0.05, 0) is 26.2 Å². The number of hydrogen-bond donors (Lipinski definition) is 1. The van der Waals surface area contributed by atoms with Gasteiger partial charge in [0.25, 0.3) is 0 Å². The maximum absolute atomic E-state index is 11.4. The van der Waals surface area contributed by atoms with Crippen LogP contribution in [0.15, 0.2) is 11.6 Å². The lowest BCUT2D eigenvalue weighted by molar-refractivity contribution is -0.123. The molecular formula is C12H19NO3. The number of hydroxylamine groups is 1. The molecular weight excluding hydrogens is 206 g/mol. The molecule has 0 bridgehead atoms. The van der Waals surface area contributed by atoms with Gasteiger partial charge < -0.3 is 4.84 Å². The molecule has 4 heteroatoms. The molecule has 1 N–H and O–H groups in total. The molecule has 90 valence electrons. The van der Waals surface area contributed by atoms with E-state index in [1.807, 2.05) is 6.92 Å². The van der Waals surface area contributed by atoms with Gasteiger partial charge in [0.1, 0.15) is 0 Å². The summed E-state index contributed by atoms with van der Waals surface area (Å²) in [6.07, 6.45) is 5.14. The number of hydrogen-bond acceptors (Lipinski definition) is 4. The van der Waals surface area contributed by atoms with Crippen molar-refractivity contribution in [1.82, 2.24) is 5.48 Å². The molecule has 0 aromatic rings. The van der Waals surface area contributed by atoms with E-state index in [-0.39, 0.29) is 11.6 Å². The van der Waals surface area contributed by atoms with E-state index in [0.29, 0.717) is 31.4 Å². The fraction of sp³-hybridized carbons (Fsp3) is 0.667. The highest BCUT2D eigenvalue weighted by Crippen LogP contribution is 2.17. The van der Waals surface area contributed by atoms with E-state index in [4.69, 9.17) is 4.84 Å². The van der Waals surface area contributed by atoms with E-state index in [1.54, 1.807) is 6.08 Å². The summed E-state index contributed by atoms with van der Waals surface area (Å²) < 4.78 is 0. The van der Waals surface area contributed by atoms with E-state index >= 15 is 0 Å². The summed E-state index contributed by atoms with van der Waals surface area (Å²) in [4.78, 5) is 27.8. The van der Waals surface area contributed by atoms with E-state index in [2.05, 4.69) is 5.48 Å². The van der Waals surface area contributed by atoms with Gasteiger partial charge in [-0.15, -0.1) is 0 Å². The second kappa shape index (κ2) is 7.30. The first kappa shape index (κ1) is 13.1. The molecule has 1 aliphatic rings. The number of carbonyl (C=O) groups is 2. The number of allylic oxidation sites excluding steroid dienone is 2. The van der Waals surface area contributed by atoms with E-state index < -0.39 is 0 Å². The normalized spacial score (nSPS) is 16.7. The first-order valence-electron chi connectivity index (χ1n) is 5.87. The van der Waals surface area contributed by atoms with Crippen LogP contribution in [0.25, 0.3) is 0 Å². The van der Waals surface area contributed by atoms with Crippen LogP contribution in [0.1, 0.15) is 39.0 Å². The summed E-state index contributed by atoms with van der Waals surface area (Å²) in [6.45, 7) is 3.28. The lowest BCUT2D eigenvalue weighted by atomic mass is 9.91. The number of ketones is 2. The van der Waals surface area contributed by atoms with Gasteiger partial charge in [0.05, 0.1) is 12.2 Å². The van der Waals surface area contributed by atoms with Crippen LogP contribution in [-0.2, 0) is 14.4 Å². The minimum absolute atomic E-state index is 0.00835. The topological polar surface area (TPSA) is 55.4 Å². The average molecular weight is 225 g/mol. The van der Waals surface area contributed by atoms with Crippen LogP contribution in [0.3, 0.4) is 0 Å². The highest BCUT2D eigenvalue weighted by atomic mass is 16.6. The molecule has 0 heterocycles. The zero-order chi connectivity index (χ0) is 11.8. The van der Waals surface area contributed by atoms with Crippen molar-refractivity contribution in [3.8, 4) is 0 Å². The SMILES string of the molecule is CCONCCCC=C1C(=O)CCCC1=O. The first-order chi connectivity index (χ1) is 7.75. The van der Waals surface area contributed by atoms with Gasteiger partial charge in [-0.2, -0.15) is 0 Å². The van der Waals surface area contributed by atoms with Crippen molar-refractivity contribution in [2.24, 2.45) is 0 Å². The molecule has 0 aliphatic heterocycles. The third-order valence-electron chi connectivity index (χ3n) is 2.49. The zero-order valence-electron chi connectivity index (χ0n) is 9.75. The molecule has 16 heavy (non-hydrogen) atoms. The quantitative estimate of drug-likeness (QED) is 0.322. The molecule has 1 fully saturated rings. The van der Waals surface area contributed by atoms with Gasteiger partial charge in [-0.1, -0.05) is 6.08 Å². The van der Waals surface area contributed by atoms with Crippen LogP contribution in [0.2, 0.25) is 0 Å². The third-order valence-corrected chi connectivity index (χ3v) is 2.49. The molecule has 4 nitrogen and oxygen atoms in total. The van der Waals surface area contributed by atoms with Crippen molar-refractivity contribution in [1.29, 1.82) is 0 Å². The Labute approximate surface area is 96.0 Å². The predicted molar refractivity (Wildman–Crippen MR) is 60.8 cm³/mol. The largest absolute Gasteiger partial charge is 0.302 e. The van der Waals surface area contributed by atoms with Gasteiger partial charge in [0.15, 0.2) is 11.6 Å². The smallest absolute Gasteiger partial charge is 0.166 e.